The van der Waals surface area contributed by atoms with Crippen LogP contribution in [0.5, 0.6) is 0 Å². The van der Waals surface area contributed by atoms with Crippen molar-refractivity contribution in [3.8, 4) is 0 Å². The van der Waals surface area contributed by atoms with E-state index < -0.39 is 5.97 Å². The summed E-state index contributed by atoms with van der Waals surface area (Å²) < 4.78 is 5.25. The van der Waals surface area contributed by atoms with Gasteiger partial charge in [-0.05, 0) is 38.5 Å². The summed E-state index contributed by atoms with van der Waals surface area (Å²) in [7, 11) is 0. The van der Waals surface area contributed by atoms with Gasteiger partial charge in [0.2, 0.25) is 0 Å². The lowest BCUT2D eigenvalue weighted by atomic mass is 10.1. The van der Waals surface area contributed by atoms with Gasteiger partial charge in [0.05, 0.1) is 0 Å². The predicted molar refractivity (Wildman–Crippen MR) is 85.9 cm³/mol. The van der Waals surface area contributed by atoms with Crippen LogP contribution < -0.4 is 0 Å². The number of nitrogens with one attached hydrogen (secondary N) is 1. The molecule has 0 unspecified atom stereocenters. The van der Waals surface area contributed by atoms with Crippen molar-refractivity contribution in [1.82, 2.24) is 4.98 Å². The Hall–Kier alpha value is -1.78. The molecule has 0 bridgehead atoms. The molecule has 0 atom stereocenters. The van der Waals surface area contributed by atoms with E-state index >= 15 is 0 Å². The number of ether oxygens (including phenoxy) is 1. The minimum Gasteiger partial charge on any atom is -0.456 e. The fourth-order valence-electron chi connectivity index (χ4n) is 2.36. The Balaban J connectivity index is 2.20. The lowest BCUT2D eigenvalue weighted by Gasteiger charge is -2.08. The molecule has 1 heterocycles. The van der Waals surface area contributed by atoms with Crippen LogP contribution >= 0.6 is 23.2 Å². The van der Waals surface area contributed by atoms with Gasteiger partial charge in [-0.25, -0.2) is 4.79 Å². The van der Waals surface area contributed by atoms with Crippen molar-refractivity contribution in [3.63, 3.8) is 0 Å². The third-order valence-corrected chi connectivity index (χ3v) is 4.11. The molecule has 0 amide bonds. The van der Waals surface area contributed by atoms with E-state index in [4.69, 9.17) is 27.9 Å². The number of esters is 1. The quantitative estimate of drug-likeness (QED) is 0.659. The van der Waals surface area contributed by atoms with Crippen molar-refractivity contribution < 1.29 is 14.3 Å². The number of aromatic amines is 1. The number of benzene rings is 1. The van der Waals surface area contributed by atoms with E-state index in [2.05, 4.69) is 4.98 Å². The highest BCUT2D eigenvalue weighted by molar-refractivity contribution is 6.35. The number of aryl methyl sites for hydroxylation is 1. The standard InChI is InChI=1S/C16H15Cl2NO3/c1-8-14(10(3)20)9(2)19-15(8)16(21)22-7-11-12(17)5-4-6-13(11)18/h4-6,19H,7H2,1-3H3. The van der Waals surface area contributed by atoms with Crippen molar-refractivity contribution in [2.45, 2.75) is 27.4 Å². The molecule has 22 heavy (non-hydrogen) atoms. The first-order valence-corrected chi connectivity index (χ1v) is 7.38. The van der Waals surface area contributed by atoms with Crippen molar-refractivity contribution in [2.75, 3.05) is 0 Å². The normalized spacial score (nSPS) is 10.6. The van der Waals surface area contributed by atoms with Crippen LogP contribution in [0.2, 0.25) is 10.0 Å². The summed E-state index contributed by atoms with van der Waals surface area (Å²) >= 11 is 12.1. The fraction of sp³-hybridized carbons (Fsp3) is 0.250. The van der Waals surface area contributed by atoms with Crippen LogP contribution in [0.4, 0.5) is 0 Å². The molecule has 1 N–H and O–H groups in total. The molecule has 0 aliphatic rings. The summed E-state index contributed by atoms with van der Waals surface area (Å²) in [6.45, 7) is 4.87. The number of ketones is 1. The Morgan fingerprint density at radius 2 is 1.77 bits per heavy atom. The molecular formula is C16H15Cl2NO3. The highest BCUT2D eigenvalue weighted by Crippen LogP contribution is 2.26. The molecule has 4 nitrogen and oxygen atoms in total. The van der Waals surface area contributed by atoms with Crippen molar-refractivity contribution in [3.05, 3.63) is 56.3 Å². The van der Waals surface area contributed by atoms with Crippen LogP contribution in [0.3, 0.4) is 0 Å². The first-order chi connectivity index (χ1) is 10.3. The summed E-state index contributed by atoms with van der Waals surface area (Å²) in [5.74, 6) is -0.650. The Morgan fingerprint density at radius 3 is 2.27 bits per heavy atom. The van der Waals surface area contributed by atoms with E-state index in [1.54, 1.807) is 32.0 Å². The molecule has 0 saturated heterocycles. The first kappa shape index (κ1) is 16.6. The van der Waals surface area contributed by atoms with E-state index in [0.717, 1.165) is 0 Å². The molecule has 1 aromatic heterocycles. The number of Topliss-reactive ketones (excluding diaryl/α,β-unsaturated/α-hetero) is 1. The Bertz CT molecular complexity index is 730. The predicted octanol–water partition coefficient (Wildman–Crippen LogP) is 4.50. The number of hydrogen-bond donors (Lipinski definition) is 1. The van der Waals surface area contributed by atoms with Crippen molar-refractivity contribution in [2.24, 2.45) is 0 Å². The highest BCUT2D eigenvalue weighted by atomic mass is 35.5. The molecule has 116 valence electrons. The van der Waals surface area contributed by atoms with E-state index in [1.165, 1.54) is 6.92 Å². The maximum Gasteiger partial charge on any atom is 0.355 e. The second kappa shape index (κ2) is 6.55. The van der Waals surface area contributed by atoms with Gasteiger partial charge in [0, 0.05) is 26.9 Å². The average Bonchev–Trinajstić information content (AvgIpc) is 2.73. The van der Waals surface area contributed by atoms with Crippen molar-refractivity contribution >= 4 is 35.0 Å². The Labute approximate surface area is 138 Å². The SMILES string of the molecule is CC(=O)c1c(C)[nH]c(C(=O)OCc2c(Cl)cccc2Cl)c1C. The second-order valence-electron chi connectivity index (χ2n) is 4.96. The number of hydrogen-bond acceptors (Lipinski definition) is 3. The number of H-pyrrole nitrogens is 1. The molecule has 0 aliphatic carbocycles. The van der Waals surface area contributed by atoms with Crippen LogP contribution in [0.15, 0.2) is 18.2 Å². The summed E-state index contributed by atoms with van der Waals surface area (Å²) in [6.07, 6.45) is 0. The molecule has 0 saturated carbocycles. The third kappa shape index (κ3) is 3.18. The van der Waals surface area contributed by atoms with Gasteiger partial charge in [-0.2, -0.15) is 0 Å². The molecule has 1 aromatic carbocycles. The molecule has 0 spiro atoms. The van der Waals surface area contributed by atoms with Gasteiger partial charge in [0.15, 0.2) is 5.78 Å². The minimum absolute atomic E-state index is 0.0374. The second-order valence-corrected chi connectivity index (χ2v) is 5.77. The zero-order valence-electron chi connectivity index (χ0n) is 12.4. The zero-order chi connectivity index (χ0) is 16.4. The maximum atomic E-state index is 12.2. The monoisotopic (exact) mass is 339 g/mol. The lowest BCUT2D eigenvalue weighted by molar-refractivity contribution is 0.0466. The molecule has 2 aromatic rings. The smallest absolute Gasteiger partial charge is 0.355 e. The summed E-state index contributed by atoms with van der Waals surface area (Å²) in [4.78, 5) is 26.7. The molecular weight excluding hydrogens is 325 g/mol. The molecule has 0 fully saturated rings. The van der Waals surface area contributed by atoms with E-state index in [9.17, 15) is 9.59 Å². The van der Waals surface area contributed by atoms with Crippen LogP contribution in [0.1, 0.15) is 44.6 Å². The fourth-order valence-corrected chi connectivity index (χ4v) is 2.87. The Kier molecular flexibility index (Phi) is 4.94. The summed E-state index contributed by atoms with van der Waals surface area (Å²) in [5.41, 5.74) is 2.56. The maximum absolute atomic E-state index is 12.2. The van der Waals surface area contributed by atoms with Gasteiger partial charge in [-0.1, -0.05) is 29.3 Å². The minimum atomic E-state index is -0.552. The Morgan fingerprint density at radius 1 is 1.18 bits per heavy atom. The largest absolute Gasteiger partial charge is 0.456 e. The van der Waals surface area contributed by atoms with Crippen molar-refractivity contribution in [1.29, 1.82) is 0 Å². The van der Waals surface area contributed by atoms with Crippen LogP contribution in [0.25, 0.3) is 0 Å². The number of carbonyl (C=O) groups excluding carboxylic acids is 2. The molecule has 6 heteroatoms. The van der Waals surface area contributed by atoms with Gasteiger partial charge in [0.25, 0.3) is 0 Å². The number of rotatable bonds is 4. The average molecular weight is 340 g/mol. The van der Waals surface area contributed by atoms with E-state index in [-0.39, 0.29) is 18.1 Å². The number of carbonyl (C=O) groups is 2. The van der Waals surface area contributed by atoms with Crippen LogP contribution in [-0.4, -0.2) is 16.7 Å². The van der Waals surface area contributed by atoms with Crippen LogP contribution in [0, 0.1) is 13.8 Å². The van der Waals surface area contributed by atoms with Gasteiger partial charge < -0.3 is 9.72 Å². The summed E-state index contributed by atoms with van der Waals surface area (Å²) in [6, 6.07) is 5.07. The highest BCUT2D eigenvalue weighted by Gasteiger charge is 2.21. The van der Waals surface area contributed by atoms with E-state index in [0.29, 0.717) is 32.4 Å². The molecule has 0 radical (unpaired) electrons. The van der Waals surface area contributed by atoms with Crippen LogP contribution in [-0.2, 0) is 11.3 Å². The molecule has 2 rings (SSSR count). The lowest BCUT2D eigenvalue weighted by Crippen LogP contribution is -2.08. The zero-order valence-corrected chi connectivity index (χ0v) is 13.9. The van der Waals surface area contributed by atoms with Gasteiger partial charge in [0.1, 0.15) is 12.3 Å². The summed E-state index contributed by atoms with van der Waals surface area (Å²) in [5, 5.41) is 0.869. The number of aromatic nitrogens is 1. The molecule has 0 aliphatic heterocycles. The van der Waals surface area contributed by atoms with E-state index in [1.807, 2.05) is 0 Å². The third-order valence-electron chi connectivity index (χ3n) is 3.40. The number of halogens is 2. The topological polar surface area (TPSA) is 59.2 Å². The van der Waals surface area contributed by atoms with Gasteiger partial charge in [-0.3, -0.25) is 4.79 Å². The first-order valence-electron chi connectivity index (χ1n) is 6.63. The van der Waals surface area contributed by atoms with Gasteiger partial charge in [-0.15, -0.1) is 0 Å². The van der Waals surface area contributed by atoms with Gasteiger partial charge >= 0.3 is 5.97 Å².